The number of nitrogens with one attached hydrogen (secondary N) is 1. The van der Waals surface area contributed by atoms with E-state index in [2.05, 4.69) is 30.7 Å². The van der Waals surface area contributed by atoms with Crippen LogP contribution in [0, 0.1) is 5.41 Å². The Bertz CT molecular complexity index is 611. The van der Waals surface area contributed by atoms with E-state index in [9.17, 15) is 4.79 Å². The van der Waals surface area contributed by atoms with Crippen LogP contribution in [0.4, 0.5) is 0 Å². The van der Waals surface area contributed by atoms with E-state index in [0.29, 0.717) is 15.9 Å². The summed E-state index contributed by atoms with van der Waals surface area (Å²) in [7, 11) is 0. The van der Waals surface area contributed by atoms with E-state index in [0.717, 1.165) is 12.2 Å². The van der Waals surface area contributed by atoms with Crippen molar-refractivity contribution in [2.75, 3.05) is 0 Å². The topological polar surface area (TPSA) is 45.8 Å². The van der Waals surface area contributed by atoms with E-state index in [-0.39, 0.29) is 11.0 Å². The number of rotatable bonds is 1. The van der Waals surface area contributed by atoms with Gasteiger partial charge < -0.3 is 4.98 Å². The molecule has 2 aromatic rings. The smallest absolute Gasteiger partial charge is 0.258 e. The standard InChI is InChI=1S/C13H15ClN2O/c1-13(2,3)7-11-15-10-5-4-8(14)6-9(10)12(17)16-11/h4-6H,7H2,1-3H3,(H,15,16,17). The zero-order valence-corrected chi connectivity index (χ0v) is 10.9. The van der Waals surface area contributed by atoms with E-state index in [1.165, 1.54) is 0 Å². The lowest BCUT2D eigenvalue weighted by atomic mass is 9.92. The van der Waals surface area contributed by atoms with Crippen molar-refractivity contribution in [2.24, 2.45) is 5.41 Å². The average Bonchev–Trinajstić information content (AvgIpc) is 2.17. The van der Waals surface area contributed by atoms with Gasteiger partial charge in [0.2, 0.25) is 0 Å². The van der Waals surface area contributed by atoms with Crippen LogP contribution < -0.4 is 5.56 Å². The summed E-state index contributed by atoms with van der Waals surface area (Å²) in [6.07, 6.45) is 0.737. The second-order valence-electron chi connectivity index (χ2n) is 5.41. The molecule has 0 amide bonds. The van der Waals surface area contributed by atoms with Crippen molar-refractivity contribution in [3.05, 3.63) is 39.4 Å². The predicted molar refractivity (Wildman–Crippen MR) is 70.5 cm³/mol. The number of aromatic amines is 1. The van der Waals surface area contributed by atoms with Crippen LogP contribution in [0.15, 0.2) is 23.0 Å². The highest BCUT2D eigenvalue weighted by Crippen LogP contribution is 2.19. The van der Waals surface area contributed by atoms with E-state index < -0.39 is 0 Å². The van der Waals surface area contributed by atoms with Gasteiger partial charge in [-0.15, -0.1) is 0 Å². The molecule has 0 saturated carbocycles. The Hall–Kier alpha value is -1.35. The molecule has 1 N–H and O–H groups in total. The lowest BCUT2D eigenvalue weighted by molar-refractivity contribution is 0.401. The summed E-state index contributed by atoms with van der Waals surface area (Å²) in [5, 5.41) is 1.09. The summed E-state index contributed by atoms with van der Waals surface area (Å²) >= 11 is 5.86. The Morgan fingerprint density at radius 1 is 1.35 bits per heavy atom. The van der Waals surface area contributed by atoms with Crippen LogP contribution in [0.5, 0.6) is 0 Å². The van der Waals surface area contributed by atoms with Gasteiger partial charge in [-0.25, -0.2) is 4.98 Å². The first-order valence-electron chi connectivity index (χ1n) is 5.54. The maximum Gasteiger partial charge on any atom is 0.258 e. The third-order valence-electron chi connectivity index (χ3n) is 2.41. The maximum absolute atomic E-state index is 11.9. The molecular formula is C13H15ClN2O. The minimum atomic E-state index is -0.128. The number of benzene rings is 1. The molecule has 1 aromatic heterocycles. The molecular weight excluding hydrogens is 236 g/mol. The summed E-state index contributed by atoms with van der Waals surface area (Å²) in [6, 6.07) is 5.17. The van der Waals surface area contributed by atoms with Crippen LogP contribution in [0.2, 0.25) is 5.02 Å². The number of halogens is 1. The number of nitrogens with zero attached hydrogens (tertiary/aromatic N) is 1. The number of aromatic nitrogens is 2. The molecule has 0 spiro atoms. The Kier molecular flexibility index (Phi) is 2.96. The summed E-state index contributed by atoms with van der Waals surface area (Å²) in [5.74, 6) is 0.720. The van der Waals surface area contributed by atoms with Gasteiger partial charge in [0.1, 0.15) is 5.82 Å². The first-order valence-corrected chi connectivity index (χ1v) is 5.91. The first-order chi connectivity index (χ1) is 7.85. The van der Waals surface area contributed by atoms with Gasteiger partial charge in [-0.05, 0) is 23.6 Å². The Labute approximate surface area is 105 Å². The molecule has 3 nitrogen and oxygen atoms in total. The Balaban J connectivity index is 2.57. The molecule has 2 rings (SSSR count). The molecule has 0 unspecified atom stereocenters. The highest BCUT2D eigenvalue weighted by Gasteiger charge is 2.14. The molecule has 1 heterocycles. The zero-order valence-electron chi connectivity index (χ0n) is 10.2. The number of fused-ring (bicyclic) bond motifs is 1. The van der Waals surface area contributed by atoms with E-state index >= 15 is 0 Å². The van der Waals surface area contributed by atoms with Crippen molar-refractivity contribution in [1.82, 2.24) is 9.97 Å². The van der Waals surface area contributed by atoms with Crippen molar-refractivity contribution >= 4 is 22.5 Å². The quantitative estimate of drug-likeness (QED) is 0.845. The molecule has 0 aliphatic carbocycles. The van der Waals surface area contributed by atoms with E-state index in [1.54, 1.807) is 18.2 Å². The summed E-state index contributed by atoms with van der Waals surface area (Å²) in [5.41, 5.74) is 0.657. The van der Waals surface area contributed by atoms with Crippen molar-refractivity contribution in [3.63, 3.8) is 0 Å². The van der Waals surface area contributed by atoms with Gasteiger partial charge >= 0.3 is 0 Å². The minimum Gasteiger partial charge on any atom is -0.310 e. The minimum absolute atomic E-state index is 0.0933. The molecule has 0 saturated heterocycles. The SMILES string of the molecule is CC(C)(C)Cc1nc2ccc(Cl)cc2c(=O)[nH]1. The van der Waals surface area contributed by atoms with Gasteiger partial charge in [-0.1, -0.05) is 32.4 Å². The summed E-state index contributed by atoms with van der Waals surface area (Å²) in [4.78, 5) is 19.1. The van der Waals surface area contributed by atoms with Gasteiger partial charge in [0.05, 0.1) is 10.9 Å². The van der Waals surface area contributed by atoms with Gasteiger partial charge in [0.15, 0.2) is 0 Å². The van der Waals surface area contributed by atoms with Gasteiger partial charge in [0, 0.05) is 11.4 Å². The lowest BCUT2D eigenvalue weighted by Gasteiger charge is -2.17. The highest BCUT2D eigenvalue weighted by atomic mass is 35.5. The lowest BCUT2D eigenvalue weighted by Crippen LogP contribution is -2.17. The van der Waals surface area contributed by atoms with Crippen LogP contribution in [0.25, 0.3) is 10.9 Å². The van der Waals surface area contributed by atoms with Gasteiger partial charge in [-0.2, -0.15) is 0 Å². The maximum atomic E-state index is 11.9. The number of H-pyrrole nitrogens is 1. The molecule has 0 aliphatic heterocycles. The van der Waals surface area contributed by atoms with Crippen molar-refractivity contribution in [1.29, 1.82) is 0 Å². The fraction of sp³-hybridized carbons (Fsp3) is 0.385. The van der Waals surface area contributed by atoms with Gasteiger partial charge in [-0.3, -0.25) is 4.79 Å². The molecule has 0 radical (unpaired) electrons. The molecule has 4 heteroatoms. The molecule has 0 aliphatic rings. The normalized spacial score (nSPS) is 12.0. The molecule has 0 fully saturated rings. The highest BCUT2D eigenvalue weighted by molar-refractivity contribution is 6.31. The third kappa shape index (κ3) is 2.86. The van der Waals surface area contributed by atoms with Crippen LogP contribution >= 0.6 is 11.6 Å². The fourth-order valence-corrected chi connectivity index (χ4v) is 1.92. The first kappa shape index (κ1) is 12.1. The van der Waals surface area contributed by atoms with E-state index in [4.69, 9.17) is 11.6 Å². The fourth-order valence-electron chi connectivity index (χ4n) is 1.75. The van der Waals surface area contributed by atoms with Crippen LogP contribution in [-0.4, -0.2) is 9.97 Å². The predicted octanol–water partition coefficient (Wildman–Crippen LogP) is 3.17. The van der Waals surface area contributed by atoms with Crippen LogP contribution in [0.1, 0.15) is 26.6 Å². The zero-order chi connectivity index (χ0) is 12.6. The largest absolute Gasteiger partial charge is 0.310 e. The van der Waals surface area contributed by atoms with Crippen LogP contribution in [-0.2, 0) is 6.42 Å². The molecule has 1 aromatic carbocycles. The Morgan fingerprint density at radius 3 is 2.71 bits per heavy atom. The van der Waals surface area contributed by atoms with Crippen LogP contribution in [0.3, 0.4) is 0 Å². The molecule has 90 valence electrons. The summed E-state index contributed by atoms with van der Waals surface area (Å²) in [6.45, 7) is 6.33. The molecule has 0 atom stereocenters. The number of hydrogen-bond acceptors (Lipinski definition) is 2. The number of hydrogen-bond donors (Lipinski definition) is 1. The molecule has 17 heavy (non-hydrogen) atoms. The van der Waals surface area contributed by atoms with Crippen molar-refractivity contribution < 1.29 is 0 Å². The van der Waals surface area contributed by atoms with Crippen molar-refractivity contribution in [3.8, 4) is 0 Å². The van der Waals surface area contributed by atoms with Gasteiger partial charge in [0.25, 0.3) is 5.56 Å². The van der Waals surface area contributed by atoms with Crippen molar-refractivity contribution in [2.45, 2.75) is 27.2 Å². The second kappa shape index (κ2) is 4.15. The average molecular weight is 251 g/mol. The third-order valence-corrected chi connectivity index (χ3v) is 2.65. The molecule has 0 bridgehead atoms. The second-order valence-corrected chi connectivity index (χ2v) is 5.85. The summed E-state index contributed by atoms with van der Waals surface area (Å²) < 4.78 is 0. The van der Waals surface area contributed by atoms with E-state index in [1.807, 2.05) is 0 Å². The Morgan fingerprint density at radius 2 is 2.06 bits per heavy atom. The monoisotopic (exact) mass is 250 g/mol.